The molecule has 2 fully saturated rings. The van der Waals surface area contributed by atoms with Crippen LogP contribution >= 0.6 is 0 Å². The maximum Gasteiger partial charge on any atom is 0.281 e. The quantitative estimate of drug-likeness (QED) is 0.805. The third-order valence-corrected chi connectivity index (χ3v) is 7.48. The van der Waals surface area contributed by atoms with Gasteiger partial charge in [0, 0.05) is 45.7 Å². The van der Waals surface area contributed by atoms with E-state index in [9.17, 15) is 13.2 Å². The molecule has 0 N–H and O–H groups in total. The van der Waals surface area contributed by atoms with Crippen molar-refractivity contribution in [1.29, 1.82) is 0 Å². The van der Waals surface area contributed by atoms with Crippen molar-refractivity contribution in [3.05, 3.63) is 35.4 Å². The first kappa shape index (κ1) is 19.3. The molecule has 0 radical (unpaired) electrons. The van der Waals surface area contributed by atoms with E-state index >= 15 is 0 Å². The van der Waals surface area contributed by atoms with Crippen molar-refractivity contribution < 1.29 is 13.2 Å². The summed E-state index contributed by atoms with van der Waals surface area (Å²) in [5.41, 5.74) is 2.27. The van der Waals surface area contributed by atoms with E-state index in [0.717, 1.165) is 24.8 Å². The fourth-order valence-electron chi connectivity index (χ4n) is 4.18. The van der Waals surface area contributed by atoms with Crippen molar-refractivity contribution in [2.24, 2.45) is 0 Å². The summed E-state index contributed by atoms with van der Waals surface area (Å²) in [6.45, 7) is 3.08. The Kier molecular flexibility index (Phi) is 5.69. The molecule has 0 saturated carbocycles. The van der Waals surface area contributed by atoms with E-state index < -0.39 is 10.2 Å². The zero-order valence-electron chi connectivity index (χ0n) is 15.9. The van der Waals surface area contributed by atoms with E-state index in [1.807, 2.05) is 30.0 Å². The van der Waals surface area contributed by atoms with Crippen LogP contribution in [0.3, 0.4) is 0 Å². The summed E-state index contributed by atoms with van der Waals surface area (Å²) in [6.07, 6.45) is 3.78. The van der Waals surface area contributed by atoms with Crippen LogP contribution in [-0.4, -0.2) is 60.6 Å². The van der Waals surface area contributed by atoms with Crippen LogP contribution in [0.5, 0.6) is 0 Å². The lowest BCUT2D eigenvalue weighted by molar-refractivity contribution is -0.135. The summed E-state index contributed by atoms with van der Waals surface area (Å²) >= 11 is 0. The summed E-state index contributed by atoms with van der Waals surface area (Å²) in [7, 11) is -0.326. The zero-order chi connectivity index (χ0) is 18.9. The summed E-state index contributed by atoms with van der Waals surface area (Å²) in [6, 6.07) is 8.02. The molecular weight excluding hydrogens is 350 g/mol. The predicted octanol–water partition coefficient (Wildman–Crippen LogP) is 2.15. The maximum absolute atomic E-state index is 12.8. The molecule has 3 rings (SSSR count). The number of amides is 1. The highest BCUT2D eigenvalue weighted by Gasteiger charge is 2.45. The van der Waals surface area contributed by atoms with E-state index in [-0.39, 0.29) is 18.0 Å². The van der Waals surface area contributed by atoms with E-state index in [0.29, 0.717) is 25.9 Å². The van der Waals surface area contributed by atoms with Gasteiger partial charge in [0.05, 0.1) is 0 Å². The molecule has 26 heavy (non-hydrogen) atoms. The smallest absolute Gasteiger partial charge is 0.281 e. The number of hydrogen-bond donors (Lipinski definition) is 0. The standard InChI is InChI=1S/C19H29N3O3S/c1-15-7-6-8-16(13-15)14-21-17-11-12-22(26(24,25)20(2)3)18(17)9-4-5-10-19(21)23/h6-8,13,17-18H,4-5,9-12,14H2,1-3H3/t17-,18+/m0/s1. The second kappa shape index (κ2) is 7.66. The van der Waals surface area contributed by atoms with Crippen LogP contribution in [0.2, 0.25) is 0 Å². The lowest BCUT2D eigenvalue weighted by Crippen LogP contribution is -2.51. The number of rotatable bonds is 4. The summed E-state index contributed by atoms with van der Waals surface area (Å²) in [4.78, 5) is 14.8. The molecule has 2 aliphatic heterocycles. The van der Waals surface area contributed by atoms with Gasteiger partial charge < -0.3 is 4.90 Å². The molecule has 7 heteroatoms. The summed E-state index contributed by atoms with van der Waals surface area (Å²) < 4.78 is 28.3. The molecule has 144 valence electrons. The van der Waals surface area contributed by atoms with E-state index in [2.05, 4.69) is 6.07 Å². The Morgan fingerprint density at radius 2 is 1.92 bits per heavy atom. The third-order valence-electron chi connectivity index (χ3n) is 5.51. The van der Waals surface area contributed by atoms with Gasteiger partial charge in [-0.1, -0.05) is 36.2 Å². The fraction of sp³-hybridized carbons (Fsp3) is 0.632. The molecule has 1 aromatic carbocycles. The number of carbonyl (C=O) groups excluding carboxylic acids is 1. The highest BCUT2D eigenvalue weighted by atomic mass is 32.2. The molecule has 0 aliphatic carbocycles. The van der Waals surface area contributed by atoms with Gasteiger partial charge in [-0.05, 0) is 31.7 Å². The van der Waals surface area contributed by atoms with Gasteiger partial charge in [0.25, 0.3) is 10.2 Å². The van der Waals surface area contributed by atoms with Crippen LogP contribution in [0, 0.1) is 6.92 Å². The van der Waals surface area contributed by atoms with Gasteiger partial charge in [-0.2, -0.15) is 17.0 Å². The zero-order valence-corrected chi connectivity index (χ0v) is 16.7. The van der Waals surface area contributed by atoms with Crippen LogP contribution in [-0.2, 0) is 21.5 Å². The minimum atomic E-state index is -3.47. The van der Waals surface area contributed by atoms with Crippen molar-refractivity contribution >= 4 is 16.1 Å². The molecule has 2 atom stereocenters. The Hall–Kier alpha value is -1.44. The van der Waals surface area contributed by atoms with Crippen molar-refractivity contribution in [1.82, 2.24) is 13.5 Å². The monoisotopic (exact) mass is 379 g/mol. The molecule has 0 bridgehead atoms. The van der Waals surface area contributed by atoms with Gasteiger partial charge in [0.1, 0.15) is 0 Å². The number of aryl methyl sites for hydroxylation is 1. The Morgan fingerprint density at radius 3 is 2.62 bits per heavy atom. The molecule has 0 aromatic heterocycles. The summed E-state index contributed by atoms with van der Waals surface area (Å²) in [5, 5.41) is 0. The Labute approximate surface area is 157 Å². The molecule has 1 amide bonds. The van der Waals surface area contributed by atoms with Gasteiger partial charge in [-0.25, -0.2) is 0 Å². The Morgan fingerprint density at radius 1 is 1.15 bits per heavy atom. The number of fused-ring (bicyclic) bond motifs is 1. The Balaban J connectivity index is 1.89. The average molecular weight is 380 g/mol. The minimum Gasteiger partial charge on any atom is -0.334 e. The highest BCUT2D eigenvalue weighted by molar-refractivity contribution is 7.86. The maximum atomic E-state index is 12.8. The minimum absolute atomic E-state index is 0.0435. The molecule has 6 nitrogen and oxygen atoms in total. The van der Waals surface area contributed by atoms with Crippen LogP contribution < -0.4 is 0 Å². The van der Waals surface area contributed by atoms with Crippen molar-refractivity contribution in [3.63, 3.8) is 0 Å². The first-order valence-corrected chi connectivity index (χ1v) is 10.7. The molecule has 2 saturated heterocycles. The molecule has 0 unspecified atom stereocenters. The molecule has 2 heterocycles. The number of hydrogen-bond acceptors (Lipinski definition) is 3. The van der Waals surface area contributed by atoms with Crippen molar-refractivity contribution in [3.8, 4) is 0 Å². The third kappa shape index (κ3) is 3.80. The largest absolute Gasteiger partial charge is 0.334 e. The second-order valence-electron chi connectivity index (χ2n) is 7.58. The van der Waals surface area contributed by atoms with Gasteiger partial charge in [-0.3, -0.25) is 4.79 Å². The SMILES string of the molecule is Cc1cccc(CN2C(=O)CCCC[C@@H]3[C@@H]2CCN3S(=O)(=O)N(C)C)c1. The number of nitrogens with zero attached hydrogens (tertiary/aromatic N) is 3. The summed E-state index contributed by atoms with van der Waals surface area (Å²) in [5.74, 6) is 0.144. The first-order chi connectivity index (χ1) is 12.3. The number of likely N-dealkylation sites (tertiary alicyclic amines) is 1. The van der Waals surface area contributed by atoms with Crippen LogP contribution in [0.15, 0.2) is 24.3 Å². The topological polar surface area (TPSA) is 60.9 Å². The molecule has 2 aliphatic rings. The van der Waals surface area contributed by atoms with E-state index in [1.54, 1.807) is 18.4 Å². The predicted molar refractivity (Wildman–Crippen MR) is 102 cm³/mol. The highest BCUT2D eigenvalue weighted by Crippen LogP contribution is 2.33. The van der Waals surface area contributed by atoms with Gasteiger partial charge in [-0.15, -0.1) is 0 Å². The van der Waals surface area contributed by atoms with Gasteiger partial charge >= 0.3 is 0 Å². The lowest BCUT2D eigenvalue weighted by Gasteiger charge is -2.37. The van der Waals surface area contributed by atoms with E-state index in [4.69, 9.17) is 0 Å². The number of carbonyl (C=O) groups is 1. The van der Waals surface area contributed by atoms with Gasteiger partial charge in [0.2, 0.25) is 5.91 Å². The molecular formula is C19H29N3O3S. The van der Waals surface area contributed by atoms with E-state index in [1.165, 1.54) is 9.87 Å². The first-order valence-electron chi connectivity index (χ1n) is 9.35. The van der Waals surface area contributed by atoms with Gasteiger partial charge in [0.15, 0.2) is 0 Å². The average Bonchev–Trinajstić information content (AvgIpc) is 2.98. The lowest BCUT2D eigenvalue weighted by atomic mass is 9.96. The van der Waals surface area contributed by atoms with Crippen molar-refractivity contribution in [2.75, 3.05) is 20.6 Å². The normalized spacial score (nSPS) is 25.2. The van der Waals surface area contributed by atoms with Crippen LogP contribution in [0.1, 0.15) is 43.2 Å². The molecule has 1 aromatic rings. The second-order valence-corrected chi connectivity index (χ2v) is 9.68. The fourth-order valence-corrected chi connectivity index (χ4v) is 5.52. The van der Waals surface area contributed by atoms with Crippen molar-refractivity contribution in [2.45, 2.75) is 57.7 Å². The van der Waals surface area contributed by atoms with Crippen LogP contribution in [0.4, 0.5) is 0 Å². The number of benzene rings is 1. The van der Waals surface area contributed by atoms with Crippen LogP contribution in [0.25, 0.3) is 0 Å². The Bertz CT molecular complexity index is 763. The molecule has 0 spiro atoms.